The molecular formula is C10H11N3O2S2. The topological polar surface area (TPSA) is 68.0 Å². The van der Waals surface area contributed by atoms with E-state index >= 15 is 0 Å². The Morgan fingerprint density at radius 1 is 1.59 bits per heavy atom. The maximum atomic E-state index is 10.5. The molecule has 0 aliphatic rings. The fourth-order valence-electron chi connectivity index (χ4n) is 1.34. The van der Waals surface area contributed by atoms with Crippen LogP contribution in [0.15, 0.2) is 22.0 Å². The smallest absolute Gasteiger partial charge is 0.313 e. The van der Waals surface area contributed by atoms with Gasteiger partial charge in [0.25, 0.3) is 0 Å². The number of aliphatic carboxylic acids is 1. The highest BCUT2D eigenvalue weighted by atomic mass is 32.2. The Balaban J connectivity index is 2.14. The normalized spacial score (nSPS) is 10.6. The summed E-state index contributed by atoms with van der Waals surface area (Å²) in [6.45, 7) is 2.55. The molecule has 2 aromatic rings. The Morgan fingerprint density at radius 2 is 2.41 bits per heavy atom. The number of carboxylic acids is 1. The average Bonchev–Trinajstić information content (AvgIpc) is 2.89. The van der Waals surface area contributed by atoms with Crippen molar-refractivity contribution in [3.05, 3.63) is 28.2 Å². The SMILES string of the molecule is Cc1nnc(SCC(=O)O)n1Cc1ccsc1. The molecule has 0 aromatic carbocycles. The fraction of sp³-hybridized carbons (Fsp3) is 0.300. The summed E-state index contributed by atoms with van der Waals surface area (Å²) in [6, 6.07) is 2.04. The molecule has 0 amide bonds. The lowest BCUT2D eigenvalue weighted by atomic mass is 10.3. The summed E-state index contributed by atoms with van der Waals surface area (Å²) in [6.07, 6.45) is 0. The average molecular weight is 269 g/mol. The van der Waals surface area contributed by atoms with E-state index in [1.54, 1.807) is 11.3 Å². The Kier molecular flexibility index (Phi) is 3.80. The molecule has 0 aliphatic carbocycles. The van der Waals surface area contributed by atoms with Crippen molar-refractivity contribution < 1.29 is 9.90 Å². The molecule has 2 heterocycles. The summed E-state index contributed by atoms with van der Waals surface area (Å²) >= 11 is 2.83. The predicted molar refractivity (Wildman–Crippen MR) is 66.5 cm³/mol. The largest absolute Gasteiger partial charge is 0.481 e. The Bertz CT molecular complexity index is 508. The lowest BCUT2D eigenvalue weighted by Gasteiger charge is -2.05. The van der Waals surface area contributed by atoms with Crippen molar-refractivity contribution in [1.82, 2.24) is 14.8 Å². The molecule has 17 heavy (non-hydrogen) atoms. The molecule has 0 saturated carbocycles. The lowest BCUT2D eigenvalue weighted by molar-refractivity contribution is -0.133. The van der Waals surface area contributed by atoms with Gasteiger partial charge in [-0.2, -0.15) is 11.3 Å². The number of thioether (sulfide) groups is 1. The van der Waals surface area contributed by atoms with Crippen LogP contribution in [0.3, 0.4) is 0 Å². The number of hydrogen-bond donors (Lipinski definition) is 1. The second kappa shape index (κ2) is 5.33. The highest BCUT2D eigenvalue weighted by Gasteiger charge is 2.11. The van der Waals surface area contributed by atoms with E-state index in [1.165, 1.54) is 17.3 Å². The van der Waals surface area contributed by atoms with E-state index in [0.717, 1.165) is 5.82 Å². The fourth-order valence-corrected chi connectivity index (χ4v) is 2.71. The van der Waals surface area contributed by atoms with Gasteiger partial charge < -0.3 is 9.67 Å². The Labute approximate surface area is 106 Å². The molecule has 5 nitrogen and oxygen atoms in total. The summed E-state index contributed by atoms with van der Waals surface area (Å²) < 4.78 is 1.93. The van der Waals surface area contributed by atoms with Gasteiger partial charge in [0.05, 0.1) is 12.3 Å². The molecule has 0 fully saturated rings. The number of carboxylic acid groups (broad SMARTS) is 1. The minimum atomic E-state index is -0.849. The van der Waals surface area contributed by atoms with Crippen LogP contribution in [0.4, 0.5) is 0 Å². The molecule has 0 saturated heterocycles. The van der Waals surface area contributed by atoms with Crippen molar-refractivity contribution in [2.75, 3.05) is 5.75 Å². The van der Waals surface area contributed by atoms with Gasteiger partial charge in [-0.25, -0.2) is 0 Å². The van der Waals surface area contributed by atoms with Gasteiger partial charge in [0.15, 0.2) is 5.16 Å². The zero-order valence-electron chi connectivity index (χ0n) is 9.16. The number of aryl methyl sites for hydroxylation is 1. The third kappa shape index (κ3) is 3.07. The second-order valence-electron chi connectivity index (χ2n) is 3.43. The highest BCUT2D eigenvalue weighted by molar-refractivity contribution is 7.99. The lowest BCUT2D eigenvalue weighted by Crippen LogP contribution is -2.05. The predicted octanol–water partition coefficient (Wildman–Crippen LogP) is 1.87. The first-order valence-electron chi connectivity index (χ1n) is 4.92. The van der Waals surface area contributed by atoms with Crippen LogP contribution >= 0.6 is 23.1 Å². The molecule has 0 spiro atoms. The number of aromatic nitrogens is 3. The summed E-state index contributed by atoms with van der Waals surface area (Å²) in [5.74, 6) is -0.0521. The monoisotopic (exact) mass is 269 g/mol. The molecule has 1 N–H and O–H groups in total. The van der Waals surface area contributed by atoms with Crippen LogP contribution in [0.2, 0.25) is 0 Å². The summed E-state index contributed by atoms with van der Waals surface area (Å²) in [4.78, 5) is 10.5. The van der Waals surface area contributed by atoms with Crippen molar-refractivity contribution in [2.24, 2.45) is 0 Å². The number of carbonyl (C=O) groups is 1. The third-order valence-electron chi connectivity index (χ3n) is 2.15. The van der Waals surface area contributed by atoms with E-state index in [-0.39, 0.29) is 5.75 Å². The molecule has 0 unspecified atom stereocenters. The minimum Gasteiger partial charge on any atom is -0.481 e. The Hall–Kier alpha value is -1.34. The molecule has 2 aromatic heterocycles. The van der Waals surface area contributed by atoms with Gasteiger partial charge in [-0.1, -0.05) is 11.8 Å². The third-order valence-corrected chi connectivity index (χ3v) is 3.83. The molecule has 90 valence electrons. The molecule has 0 bridgehead atoms. The number of hydrogen-bond acceptors (Lipinski definition) is 5. The van der Waals surface area contributed by atoms with Crippen LogP contribution in [0, 0.1) is 6.92 Å². The number of thiophene rings is 1. The first-order chi connectivity index (χ1) is 8.16. The molecular weight excluding hydrogens is 258 g/mol. The van der Waals surface area contributed by atoms with Crippen molar-refractivity contribution in [3.8, 4) is 0 Å². The summed E-state index contributed by atoms with van der Waals surface area (Å²) in [7, 11) is 0. The van der Waals surface area contributed by atoms with E-state index in [1.807, 2.05) is 22.9 Å². The van der Waals surface area contributed by atoms with Gasteiger partial charge in [-0.05, 0) is 29.3 Å². The zero-order chi connectivity index (χ0) is 12.3. The maximum absolute atomic E-state index is 10.5. The van der Waals surface area contributed by atoms with Gasteiger partial charge in [0.2, 0.25) is 0 Å². The minimum absolute atomic E-state index is 0.00176. The maximum Gasteiger partial charge on any atom is 0.313 e. The van der Waals surface area contributed by atoms with Gasteiger partial charge in [0, 0.05) is 0 Å². The van der Waals surface area contributed by atoms with Crippen molar-refractivity contribution in [1.29, 1.82) is 0 Å². The van der Waals surface area contributed by atoms with E-state index in [2.05, 4.69) is 15.6 Å². The van der Waals surface area contributed by atoms with Crippen LogP contribution in [-0.2, 0) is 11.3 Å². The molecule has 0 aliphatic heterocycles. The number of nitrogens with zero attached hydrogens (tertiary/aromatic N) is 3. The van der Waals surface area contributed by atoms with E-state index in [4.69, 9.17) is 5.11 Å². The molecule has 0 radical (unpaired) electrons. The van der Waals surface area contributed by atoms with Gasteiger partial charge in [-0.3, -0.25) is 4.79 Å². The van der Waals surface area contributed by atoms with E-state index in [9.17, 15) is 4.79 Å². The van der Waals surface area contributed by atoms with Crippen molar-refractivity contribution in [3.63, 3.8) is 0 Å². The standard InChI is InChI=1S/C10H11N3O2S2/c1-7-11-12-10(17-6-9(14)15)13(7)4-8-2-3-16-5-8/h2-3,5H,4,6H2,1H3,(H,14,15). The first-order valence-corrected chi connectivity index (χ1v) is 6.85. The van der Waals surface area contributed by atoms with Crippen LogP contribution in [0.25, 0.3) is 0 Å². The van der Waals surface area contributed by atoms with Crippen LogP contribution in [-0.4, -0.2) is 31.6 Å². The van der Waals surface area contributed by atoms with Gasteiger partial charge in [0.1, 0.15) is 5.82 Å². The second-order valence-corrected chi connectivity index (χ2v) is 5.15. The summed E-state index contributed by atoms with van der Waals surface area (Å²) in [5.41, 5.74) is 1.18. The molecule has 2 rings (SSSR count). The van der Waals surface area contributed by atoms with Crippen LogP contribution in [0.1, 0.15) is 11.4 Å². The molecule has 0 atom stereocenters. The zero-order valence-corrected chi connectivity index (χ0v) is 10.8. The van der Waals surface area contributed by atoms with E-state index < -0.39 is 5.97 Å². The quantitative estimate of drug-likeness (QED) is 0.839. The van der Waals surface area contributed by atoms with E-state index in [0.29, 0.717) is 11.7 Å². The van der Waals surface area contributed by atoms with Crippen molar-refractivity contribution in [2.45, 2.75) is 18.6 Å². The molecule has 7 heteroatoms. The summed E-state index contributed by atoms with van der Waals surface area (Å²) in [5, 5.41) is 21.3. The van der Waals surface area contributed by atoms with Gasteiger partial charge in [-0.15, -0.1) is 10.2 Å². The van der Waals surface area contributed by atoms with Crippen LogP contribution in [0.5, 0.6) is 0 Å². The van der Waals surface area contributed by atoms with Crippen molar-refractivity contribution >= 4 is 29.1 Å². The Morgan fingerprint density at radius 3 is 3.06 bits per heavy atom. The number of rotatable bonds is 5. The first kappa shape index (κ1) is 12.1. The highest BCUT2D eigenvalue weighted by Crippen LogP contribution is 2.19. The van der Waals surface area contributed by atoms with Crippen LogP contribution < -0.4 is 0 Å². The van der Waals surface area contributed by atoms with Gasteiger partial charge >= 0.3 is 5.97 Å².